The lowest BCUT2D eigenvalue weighted by Gasteiger charge is -2.14. The van der Waals surface area contributed by atoms with E-state index in [1.54, 1.807) is 0 Å². The van der Waals surface area contributed by atoms with Crippen LogP contribution in [0.15, 0.2) is 22.7 Å². The summed E-state index contributed by atoms with van der Waals surface area (Å²) in [5.41, 5.74) is 2.57. The number of hydrogen-bond donors (Lipinski definition) is 1. The first-order valence-electron chi connectivity index (χ1n) is 5.59. The van der Waals surface area contributed by atoms with Crippen molar-refractivity contribution >= 4 is 15.9 Å². The second-order valence-corrected chi connectivity index (χ2v) is 4.83. The lowest BCUT2D eigenvalue weighted by molar-refractivity contribution is 0.506. The quantitative estimate of drug-likeness (QED) is 0.812. The number of benzene rings is 1. The maximum atomic E-state index is 5.32. The fourth-order valence-corrected chi connectivity index (χ4v) is 1.83. The molecule has 0 aliphatic heterocycles. The predicted octanol–water partition coefficient (Wildman–Crippen LogP) is 3.65. The molecule has 1 aromatic carbocycles. The fraction of sp³-hybridized carbons (Fsp3) is 0.429. The minimum Gasteiger partial charge on any atom is -0.309 e. The highest BCUT2D eigenvalue weighted by Gasteiger charge is 2.04. The molecule has 0 fully saturated rings. The van der Waals surface area contributed by atoms with E-state index in [1.165, 1.54) is 11.1 Å². The van der Waals surface area contributed by atoms with Crippen molar-refractivity contribution in [3.8, 4) is 12.3 Å². The van der Waals surface area contributed by atoms with Crippen molar-refractivity contribution in [1.29, 1.82) is 0 Å². The van der Waals surface area contributed by atoms with E-state index >= 15 is 0 Å². The predicted molar refractivity (Wildman–Crippen MR) is 73.2 cm³/mol. The number of aryl methyl sites for hydroxylation is 1. The number of hydrogen-bond acceptors (Lipinski definition) is 1. The highest BCUT2D eigenvalue weighted by atomic mass is 79.9. The van der Waals surface area contributed by atoms with Crippen LogP contribution in [0.2, 0.25) is 0 Å². The normalized spacial score (nSPS) is 12.1. The average molecular weight is 280 g/mol. The second-order valence-electron chi connectivity index (χ2n) is 3.98. The smallest absolute Gasteiger partial charge is 0.0240 e. The Morgan fingerprint density at radius 2 is 2.25 bits per heavy atom. The lowest BCUT2D eigenvalue weighted by Crippen LogP contribution is -2.27. The van der Waals surface area contributed by atoms with Gasteiger partial charge in [-0.15, -0.1) is 12.3 Å². The number of nitrogens with one attached hydrogen (secondary N) is 1. The largest absolute Gasteiger partial charge is 0.309 e. The van der Waals surface area contributed by atoms with Gasteiger partial charge in [0.2, 0.25) is 0 Å². The molecule has 1 nitrogen and oxygen atoms in total. The van der Waals surface area contributed by atoms with Crippen molar-refractivity contribution in [2.45, 2.75) is 39.3 Å². The fourth-order valence-electron chi connectivity index (χ4n) is 1.58. The first-order valence-corrected chi connectivity index (χ1v) is 6.38. The topological polar surface area (TPSA) is 12.0 Å². The van der Waals surface area contributed by atoms with Gasteiger partial charge in [0.1, 0.15) is 0 Å². The van der Waals surface area contributed by atoms with Crippen molar-refractivity contribution in [2.75, 3.05) is 0 Å². The molecule has 0 amide bonds. The maximum Gasteiger partial charge on any atom is 0.0240 e. The summed E-state index contributed by atoms with van der Waals surface area (Å²) < 4.78 is 1.16. The van der Waals surface area contributed by atoms with Crippen LogP contribution in [-0.2, 0) is 6.54 Å². The Morgan fingerprint density at radius 3 is 2.81 bits per heavy atom. The molecule has 0 heterocycles. The van der Waals surface area contributed by atoms with Crippen LogP contribution in [-0.4, -0.2) is 6.04 Å². The molecule has 0 spiro atoms. The van der Waals surface area contributed by atoms with E-state index in [1.807, 2.05) is 0 Å². The molecule has 1 atom stereocenters. The van der Waals surface area contributed by atoms with Crippen molar-refractivity contribution in [3.05, 3.63) is 33.8 Å². The third kappa shape index (κ3) is 4.00. The Balaban J connectivity index is 2.54. The summed E-state index contributed by atoms with van der Waals surface area (Å²) in [6.07, 6.45) is 7.19. The van der Waals surface area contributed by atoms with E-state index in [0.29, 0.717) is 6.04 Å². The Labute approximate surface area is 107 Å². The summed E-state index contributed by atoms with van der Waals surface area (Å²) >= 11 is 3.50. The molecule has 0 aliphatic carbocycles. The van der Waals surface area contributed by atoms with E-state index in [-0.39, 0.29) is 0 Å². The van der Waals surface area contributed by atoms with E-state index in [4.69, 9.17) is 6.42 Å². The van der Waals surface area contributed by atoms with Gasteiger partial charge in [-0.05, 0) is 30.5 Å². The van der Waals surface area contributed by atoms with Gasteiger partial charge in [-0.2, -0.15) is 0 Å². The third-order valence-corrected chi connectivity index (χ3v) is 3.56. The van der Waals surface area contributed by atoms with E-state index in [0.717, 1.165) is 23.9 Å². The molecule has 0 saturated heterocycles. The Bertz CT molecular complexity index is 379. The van der Waals surface area contributed by atoms with Gasteiger partial charge in [0.15, 0.2) is 0 Å². The van der Waals surface area contributed by atoms with Gasteiger partial charge in [0, 0.05) is 23.5 Å². The Hall–Kier alpha value is -0.780. The third-order valence-electron chi connectivity index (χ3n) is 2.67. The van der Waals surface area contributed by atoms with Crippen LogP contribution in [0.3, 0.4) is 0 Å². The molecule has 0 aliphatic rings. The molecule has 1 N–H and O–H groups in total. The van der Waals surface area contributed by atoms with Crippen molar-refractivity contribution in [2.24, 2.45) is 0 Å². The molecule has 1 aromatic rings. The van der Waals surface area contributed by atoms with Crippen LogP contribution in [0.4, 0.5) is 0 Å². The highest BCUT2D eigenvalue weighted by Crippen LogP contribution is 2.17. The van der Waals surface area contributed by atoms with Gasteiger partial charge in [-0.1, -0.05) is 35.0 Å². The highest BCUT2D eigenvalue weighted by molar-refractivity contribution is 9.10. The standard InChI is InChI=1S/C14H18BrN/c1-4-6-13(5-2)16-10-12-7-8-14(15)11(3)9-12/h1,7-9,13,16H,5-6,10H2,2-3H3. The van der Waals surface area contributed by atoms with Crippen molar-refractivity contribution < 1.29 is 0 Å². The molecule has 86 valence electrons. The van der Waals surface area contributed by atoms with Gasteiger partial charge in [0.05, 0.1) is 0 Å². The summed E-state index contributed by atoms with van der Waals surface area (Å²) in [5, 5.41) is 3.48. The Morgan fingerprint density at radius 1 is 1.50 bits per heavy atom. The lowest BCUT2D eigenvalue weighted by atomic mass is 10.1. The van der Waals surface area contributed by atoms with Crippen LogP contribution in [0.5, 0.6) is 0 Å². The molecule has 0 saturated carbocycles. The molecule has 1 rings (SSSR count). The SMILES string of the molecule is C#CCC(CC)NCc1ccc(Br)c(C)c1. The molecule has 2 heteroatoms. The summed E-state index contributed by atoms with van der Waals surface area (Å²) in [7, 11) is 0. The molecule has 0 bridgehead atoms. The Kier molecular flexibility index (Phi) is 5.59. The molecule has 1 unspecified atom stereocenters. The monoisotopic (exact) mass is 279 g/mol. The zero-order valence-electron chi connectivity index (χ0n) is 9.89. The molecular formula is C14H18BrN. The summed E-state index contributed by atoms with van der Waals surface area (Å²) in [6.45, 7) is 5.14. The zero-order chi connectivity index (χ0) is 12.0. The van der Waals surface area contributed by atoms with Crippen LogP contribution in [0.25, 0.3) is 0 Å². The molecule has 16 heavy (non-hydrogen) atoms. The van der Waals surface area contributed by atoms with Crippen molar-refractivity contribution in [1.82, 2.24) is 5.32 Å². The van der Waals surface area contributed by atoms with Crippen LogP contribution < -0.4 is 5.32 Å². The molecular weight excluding hydrogens is 262 g/mol. The first kappa shape index (κ1) is 13.3. The van der Waals surface area contributed by atoms with E-state index in [9.17, 15) is 0 Å². The van der Waals surface area contributed by atoms with Gasteiger partial charge >= 0.3 is 0 Å². The first-order chi connectivity index (χ1) is 7.67. The summed E-state index contributed by atoms with van der Waals surface area (Å²) in [5.74, 6) is 2.71. The van der Waals surface area contributed by atoms with Crippen LogP contribution in [0.1, 0.15) is 30.9 Å². The summed E-state index contributed by atoms with van der Waals surface area (Å²) in [6, 6.07) is 6.84. The number of rotatable bonds is 5. The van der Waals surface area contributed by atoms with Crippen LogP contribution in [0, 0.1) is 19.3 Å². The number of halogens is 1. The van der Waals surface area contributed by atoms with Gasteiger partial charge in [-0.3, -0.25) is 0 Å². The van der Waals surface area contributed by atoms with Gasteiger partial charge in [0.25, 0.3) is 0 Å². The zero-order valence-corrected chi connectivity index (χ0v) is 11.5. The van der Waals surface area contributed by atoms with Gasteiger partial charge < -0.3 is 5.32 Å². The van der Waals surface area contributed by atoms with E-state index < -0.39 is 0 Å². The van der Waals surface area contributed by atoms with Crippen molar-refractivity contribution in [3.63, 3.8) is 0 Å². The maximum absolute atomic E-state index is 5.32. The molecule has 0 radical (unpaired) electrons. The number of terminal acetylenes is 1. The summed E-state index contributed by atoms with van der Waals surface area (Å²) in [4.78, 5) is 0. The van der Waals surface area contributed by atoms with E-state index in [2.05, 4.69) is 59.2 Å². The minimum atomic E-state index is 0.425. The second kappa shape index (κ2) is 6.73. The van der Waals surface area contributed by atoms with Crippen LogP contribution >= 0.6 is 15.9 Å². The molecule has 0 aromatic heterocycles. The van der Waals surface area contributed by atoms with Gasteiger partial charge in [-0.25, -0.2) is 0 Å². The minimum absolute atomic E-state index is 0.425. The average Bonchev–Trinajstić information content (AvgIpc) is 2.28.